The third kappa shape index (κ3) is 4.28. The van der Waals surface area contributed by atoms with Gasteiger partial charge >= 0.3 is 5.97 Å². The summed E-state index contributed by atoms with van der Waals surface area (Å²) in [6, 6.07) is 0.401. The number of likely N-dealkylation sites (N-methyl/N-ethyl adjacent to an activating group) is 2. The molecule has 1 atom stereocenters. The van der Waals surface area contributed by atoms with Gasteiger partial charge in [0.15, 0.2) is 5.82 Å². The van der Waals surface area contributed by atoms with Gasteiger partial charge in [-0.15, -0.1) is 0 Å². The van der Waals surface area contributed by atoms with Crippen LogP contribution in [0.2, 0.25) is 0 Å². The molecule has 0 aliphatic carbocycles. The molecular weight excluding hydrogens is 260 g/mol. The molecule has 7 heteroatoms. The molecular formula is C13H22N4O3. The molecule has 0 bridgehead atoms. The standard InChI is InChI=1S/C13H22N4O3/c1-16-6-7-17(2)10(9-16)8-11-14-12(20-15-11)4-3-5-13(18)19/h10H,3-9H2,1-2H3,(H,18,19). The Labute approximate surface area is 118 Å². The van der Waals surface area contributed by atoms with Crippen LogP contribution in [0.1, 0.15) is 24.6 Å². The van der Waals surface area contributed by atoms with E-state index >= 15 is 0 Å². The lowest BCUT2D eigenvalue weighted by Gasteiger charge is -2.37. The van der Waals surface area contributed by atoms with E-state index in [4.69, 9.17) is 9.63 Å². The molecule has 0 aromatic carbocycles. The van der Waals surface area contributed by atoms with Crippen LogP contribution in [0.5, 0.6) is 0 Å². The fourth-order valence-electron chi connectivity index (χ4n) is 2.40. The Morgan fingerprint density at radius 2 is 2.25 bits per heavy atom. The number of carbonyl (C=O) groups is 1. The maximum absolute atomic E-state index is 10.4. The van der Waals surface area contributed by atoms with Crippen LogP contribution in [0.25, 0.3) is 0 Å². The zero-order chi connectivity index (χ0) is 14.5. The number of aryl methyl sites for hydroxylation is 1. The topological polar surface area (TPSA) is 82.7 Å². The number of piperazine rings is 1. The molecule has 2 rings (SSSR count). The van der Waals surface area contributed by atoms with Crippen molar-refractivity contribution in [1.82, 2.24) is 19.9 Å². The van der Waals surface area contributed by atoms with Gasteiger partial charge in [0.1, 0.15) is 0 Å². The summed E-state index contributed by atoms with van der Waals surface area (Å²) in [5.74, 6) is 0.451. The number of aliphatic carboxylic acids is 1. The molecule has 2 heterocycles. The second-order valence-corrected chi connectivity index (χ2v) is 5.45. The van der Waals surface area contributed by atoms with Gasteiger partial charge in [-0.3, -0.25) is 4.79 Å². The van der Waals surface area contributed by atoms with E-state index in [1.807, 2.05) is 0 Å². The van der Waals surface area contributed by atoms with Gasteiger partial charge in [0, 0.05) is 44.9 Å². The lowest BCUT2D eigenvalue weighted by Crippen LogP contribution is -2.50. The number of hydrogen-bond donors (Lipinski definition) is 1. The SMILES string of the molecule is CN1CCN(C)C(Cc2noc(CCCC(=O)O)n2)C1. The Kier molecular flexibility index (Phi) is 5.08. The Morgan fingerprint density at radius 1 is 1.45 bits per heavy atom. The monoisotopic (exact) mass is 282 g/mol. The zero-order valence-corrected chi connectivity index (χ0v) is 12.1. The molecule has 1 aliphatic rings. The highest BCUT2D eigenvalue weighted by molar-refractivity contribution is 5.66. The number of rotatable bonds is 6. The number of nitrogens with zero attached hydrogens (tertiary/aromatic N) is 4. The van der Waals surface area contributed by atoms with Crippen LogP contribution in [0, 0.1) is 0 Å². The predicted molar refractivity (Wildman–Crippen MR) is 72.5 cm³/mol. The lowest BCUT2D eigenvalue weighted by atomic mass is 10.1. The van der Waals surface area contributed by atoms with Crippen molar-refractivity contribution in [3.8, 4) is 0 Å². The van der Waals surface area contributed by atoms with Crippen LogP contribution < -0.4 is 0 Å². The van der Waals surface area contributed by atoms with E-state index < -0.39 is 5.97 Å². The smallest absolute Gasteiger partial charge is 0.303 e. The van der Waals surface area contributed by atoms with Crippen molar-refractivity contribution in [3.05, 3.63) is 11.7 Å². The molecule has 0 amide bonds. The highest BCUT2D eigenvalue weighted by atomic mass is 16.5. The lowest BCUT2D eigenvalue weighted by molar-refractivity contribution is -0.137. The van der Waals surface area contributed by atoms with Gasteiger partial charge in [-0.2, -0.15) is 4.98 Å². The molecule has 1 fully saturated rings. The maximum Gasteiger partial charge on any atom is 0.303 e. The third-order valence-electron chi connectivity index (χ3n) is 3.69. The number of carboxylic acids is 1. The second-order valence-electron chi connectivity index (χ2n) is 5.45. The van der Waals surface area contributed by atoms with Crippen LogP contribution >= 0.6 is 0 Å². The normalized spacial score (nSPS) is 21.2. The van der Waals surface area contributed by atoms with Crippen molar-refractivity contribution in [3.63, 3.8) is 0 Å². The van der Waals surface area contributed by atoms with E-state index in [2.05, 4.69) is 34.0 Å². The average Bonchev–Trinajstić information content (AvgIpc) is 2.81. The van der Waals surface area contributed by atoms with Gasteiger partial charge in [0.25, 0.3) is 0 Å². The summed E-state index contributed by atoms with van der Waals surface area (Å²) in [5, 5.41) is 12.6. The molecule has 1 unspecified atom stereocenters. The Bertz CT molecular complexity index is 449. The molecule has 1 saturated heterocycles. The Balaban J connectivity index is 1.84. The molecule has 1 N–H and O–H groups in total. The molecule has 1 aliphatic heterocycles. The summed E-state index contributed by atoms with van der Waals surface area (Å²) < 4.78 is 5.16. The van der Waals surface area contributed by atoms with Gasteiger partial charge in [0.2, 0.25) is 5.89 Å². The van der Waals surface area contributed by atoms with Gasteiger partial charge in [-0.05, 0) is 20.5 Å². The molecule has 0 spiro atoms. The molecule has 20 heavy (non-hydrogen) atoms. The van der Waals surface area contributed by atoms with Crippen molar-refractivity contribution in [2.45, 2.75) is 31.7 Å². The first-order valence-electron chi connectivity index (χ1n) is 6.96. The minimum Gasteiger partial charge on any atom is -0.481 e. The molecule has 0 saturated carbocycles. The first-order valence-corrected chi connectivity index (χ1v) is 6.96. The first kappa shape index (κ1) is 14.9. The summed E-state index contributed by atoms with van der Waals surface area (Å²) in [5.41, 5.74) is 0. The summed E-state index contributed by atoms with van der Waals surface area (Å²) in [6.07, 6.45) is 1.96. The fraction of sp³-hybridized carbons (Fsp3) is 0.769. The van der Waals surface area contributed by atoms with Gasteiger partial charge < -0.3 is 19.4 Å². The molecule has 112 valence electrons. The molecule has 7 nitrogen and oxygen atoms in total. The van der Waals surface area contributed by atoms with Gasteiger partial charge in [-0.25, -0.2) is 0 Å². The molecule has 1 aromatic rings. The molecule has 0 radical (unpaired) electrons. The van der Waals surface area contributed by atoms with E-state index in [0.29, 0.717) is 30.6 Å². The van der Waals surface area contributed by atoms with Crippen molar-refractivity contribution in [2.75, 3.05) is 33.7 Å². The summed E-state index contributed by atoms with van der Waals surface area (Å²) in [7, 11) is 4.24. The third-order valence-corrected chi connectivity index (χ3v) is 3.69. The summed E-state index contributed by atoms with van der Waals surface area (Å²) in [4.78, 5) is 19.4. The maximum atomic E-state index is 10.4. The van der Waals surface area contributed by atoms with Crippen molar-refractivity contribution >= 4 is 5.97 Å². The first-order chi connectivity index (χ1) is 9.54. The Hall–Kier alpha value is -1.47. The van der Waals surface area contributed by atoms with Gasteiger partial charge in [-0.1, -0.05) is 5.16 Å². The van der Waals surface area contributed by atoms with Gasteiger partial charge in [0.05, 0.1) is 0 Å². The average molecular weight is 282 g/mol. The fourth-order valence-corrected chi connectivity index (χ4v) is 2.40. The van der Waals surface area contributed by atoms with Crippen LogP contribution in [-0.4, -0.2) is 70.8 Å². The van der Waals surface area contributed by atoms with E-state index in [0.717, 1.165) is 26.1 Å². The van der Waals surface area contributed by atoms with E-state index in [-0.39, 0.29) is 6.42 Å². The van der Waals surface area contributed by atoms with Crippen LogP contribution in [0.4, 0.5) is 0 Å². The number of aromatic nitrogens is 2. The summed E-state index contributed by atoms with van der Waals surface area (Å²) >= 11 is 0. The van der Waals surface area contributed by atoms with E-state index in [1.54, 1.807) is 0 Å². The van der Waals surface area contributed by atoms with E-state index in [1.165, 1.54) is 0 Å². The minimum absolute atomic E-state index is 0.133. The quantitative estimate of drug-likeness (QED) is 0.801. The zero-order valence-electron chi connectivity index (χ0n) is 12.1. The van der Waals surface area contributed by atoms with Crippen LogP contribution in [0.3, 0.4) is 0 Å². The summed E-state index contributed by atoms with van der Waals surface area (Å²) in [6.45, 7) is 3.13. The van der Waals surface area contributed by atoms with E-state index in [9.17, 15) is 4.79 Å². The minimum atomic E-state index is -0.795. The van der Waals surface area contributed by atoms with Crippen molar-refractivity contribution < 1.29 is 14.4 Å². The van der Waals surface area contributed by atoms with Crippen molar-refractivity contribution in [1.29, 1.82) is 0 Å². The van der Waals surface area contributed by atoms with Crippen LogP contribution in [0.15, 0.2) is 4.52 Å². The predicted octanol–water partition coefficient (Wildman–Crippen LogP) is 0.265. The second kappa shape index (κ2) is 6.81. The largest absolute Gasteiger partial charge is 0.481 e. The Morgan fingerprint density at radius 3 is 3.00 bits per heavy atom. The number of hydrogen-bond acceptors (Lipinski definition) is 6. The van der Waals surface area contributed by atoms with Crippen molar-refractivity contribution in [2.24, 2.45) is 0 Å². The highest BCUT2D eigenvalue weighted by Crippen LogP contribution is 2.11. The molecule has 1 aromatic heterocycles. The highest BCUT2D eigenvalue weighted by Gasteiger charge is 2.24. The van der Waals surface area contributed by atoms with Crippen LogP contribution in [-0.2, 0) is 17.6 Å². The number of carboxylic acid groups (broad SMARTS) is 1.